The average Bonchev–Trinajstić information content (AvgIpc) is 3.23. The number of carbonyl (C=O) groups excluding carboxylic acids is 2. The van der Waals surface area contributed by atoms with E-state index >= 15 is 0 Å². The van der Waals surface area contributed by atoms with E-state index in [0.717, 1.165) is 56.9 Å². The van der Waals surface area contributed by atoms with Crippen LogP contribution in [0.1, 0.15) is 177 Å². The lowest BCUT2D eigenvalue weighted by molar-refractivity contribution is -0.154. The Kier molecular flexibility index (Phi) is 46.1. The Balaban J connectivity index is 0. The van der Waals surface area contributed by atoms with Crippen molar-refractivity contribution in [1.29, 1.82) is 0 Å². The van der Waals surface area contributed by atoms with Crippen molar-refractivity contribution in [3.8, 4) is 0 Å². The second kappa shape index (κ2) is 46.5. The predicted molar refractivity (Wildman–Crippen MR) is 256 cm³/mol. The summed E-state index contributed by atoms with van der Waals surface area (Å²) >= 11 is 0. The fraction of sp³-hybridized carbons (Fsp3) is 0.837. The number of nitrogens with two attached hydrogens (primary N) is 3. The van der Waals surface area contributed by atoms with Crippen LogP contribution >= 0.6 is 0 Å². The first-order valence-corrected chi connectivity index (χ1v) is 24.4. The van der Waals surface area contributed by atoms with Crippen LogP contribution in [0.25, 0.3) is 0 Å². The number of carbonyl (C=O) groups is 2. The topological polar surface area (TPSA) is 183 Å². The van der Waals surface area contributed by atoms with Crippen LogP contribution < -0.4 is 22.6 Å². The molecule has 0 bridgehead atoms. The van der Waals surface area contributed by atoms with Crippen LogP contribution in [-0.4, -0.2) is 108 Å². The first-order valence-electron chi connectivity index (χ1n) is 24.4. The van der Waals surface area contributed by atoms with Crippen LogP contribution in [0.3, 0.4) is 0 Å². The van der Waals surface area contributed by atoms with Gasteiger partial charge in [0.15, 0.2) is 0 Å². The maximum Gasteiger partial charge on any atom is 0.306 e. The highest BCUT2D eigenvalue weighted by Gasteiger charge is 2.16. The predicted octanol–water partition coefficient (Wildman–Crippen LogP) is 9.18. The molecule has 0 spiro atoms. The molecule has 1 unspecified atom stereocenters. The second-order valence-corrected chi connectivity index (χ2v) is 16.5. The van der Waals surface area contributed by atoms with Crippen LogP contribution in [0.2, 0.25) is 0 Å². The van der Waals surface area contributed by atoms with Crippen LogP contribution in [-0.2, 0) is 38.0 Å². The maximum atomic E-state index is 13.0. The quantitative estimate of drug-likeness (QED) is 0.0150. The summed E-state index contributed by atoms with van der Waals surface area (Å²) < 4.78 is 32.6. The number of ether oxygens (including phenoxy) is 6. The van der Waals surface area contributed by atoms with Gasteiger partial charge in [0.2, 0.25) is 5.91 Å². The minimum absolute atomic E-state index is 0.0157. The molecule has 0 aliphatic heterocycles. The second-order valence-electron chi connectivity index (χ2n) is 16.5. The van der Waals surface area contributed by atoms with Crippen molar-refractivity contribution in [2.24, 2.45) is 17.3 Å². The van der Waals surface area contributed by atoms with Crippen molar-refractivity contribution >= 4 is 11.9 Å². The lowest BCUT2D eigenvalue weighted by Gasteiger charge is -2.21. The number of hydrogen-bond acceptors (Lipinski definition) is 12. The van der Waals surface area contributed by atoms with Crippen molar-refractivity contribution in [3.05, 3.63) is 35.7 Å². The Morgan fingerprint density at radius 1 is 0.661 bits per heavy atom. The molecule has 0 heterocycles. The van der Waals surface area contributed by atoms with Gasteiger partial charge in [0, 0.05) is 32.1 Å². The number of esters is 1. The Bertz CT molecular complexity index is 1100. The van der Waals surface area contributed by atoms with Crippen LogP contribution in [0.5, 0.6) is 0 Å². The molecule has 0 aromatic heterocycles. The average molecular weight is 884 g/mol. The van der Waals surface area contributed by atoms with Gasteiger partial charge >= 0.3 is 5.97 Å². The highest BCUT2D eigenvalue weighted by Crippen LogP contribution is 2.17. The van der Waals surface area contributed by atoms with Crippen molar-refractivity contribution in [3.63, 3.8) is 0 Å². The Hall–Kier alpha value is -2.52. The van der Waals surface area contributed by atoms with Gasteiger partial charge in [0.1, 0.15) is 5.60 Å². The number of amides is 1. The van der Waals surface area contributed by atoms with Crippen LogP contribution in [0.4, 0.5) is 0 Å². The minimum Gasteiger partial charge on any atom is -0.460 e. The molecule has 0 rings (SSSR count). The van der Waals surface area contributed by atoms with E-state index in [9.17, 15) is 9.59 Å². The van der Waals surface area contributed by atoms with Crippen molar-refractivity contribution in [2.45, 2.75) is 189 Å². The zero-order valence-electron chi connectivity index (χ0n) is 41.0. The Morgan fingerprint density at radius 2 is 1.11 bits per heavy atom. The summed E-state index contributed by atoms with van der Waals surface area (Å²) in [7, 11) is 0. The van der Waals surface area contributed by atoms with Crippen molar-refractivity contribution in [1.82, 2.24) is 10.3 Å². The van der Waals surface area contributed by atoms with E-state index in [0.29, 0.717) is 91.1 Å². The van der Waals surface area contributed by atoms with Gasteiger partial charge in [-0.15, -0.1) is 0 Å². The number of unbranched alkanes of at least 4 members (excludes halogenated alkanes) is 14. The molecule has 0 aromatic carbocycles. The third kappa shape index (κ3) is 45.5. The summed E-state index contributed by atoms with van der Waals surface area (Å²) in [5, 5.41) is 4.94. The lowest BCUT2D eigenvalue weighted by atomic mass is 9.98. The molecular weight excluding hydrogens is 787 g/mol. The fourth-order valence-corrected chi connectivity index (χ4v) is 6.52. The van der Waals surface area contributed by atoms with Gasteiger partial charge in [0.05, 0.1) is 77.8 Å². The number of allylic oxidation sites excluding steroid dienone is 2. The summed E-state index contributed by atoms with van der Waals surface area (Å²) in [5.41, 5.74) is 12.8. The number of rotatable bonds is 43. The zero-order valence-corrected chi connectivity index (χ0v) is 41.0. The Morgan fingerprint density at radius 3 is 1.56 bits per heavy atom. The summed E-state index contributed by atoms with van der Waals surface area (Å²) in [5.74, 6) is 6.26. The number of nitrogens with zero attached hydrogens (tertiary/aromatic N) is 1. The summed E-state index contributed by atoms with van der Waals surface area (Å²) in [6.07, 6.45) is 29.5. The number of hydrazine groups is 1. The highest BCUT2D eigenvalue weighted by atomic mass is 16.6. The minimum atomic E-state index is -0.386. The zero-order chi connectivity index (χ0) is 46.4. The van der Waals surface area contributed by atoms with Gasteiger partial charge in [-0.1, -0.05) is 116 Å². The summed E-state index contributed by atoms with van der Waals surface area (Å²) in [4.78, 5) is 24.8. The molecule has 13 heteroatoms. The third-order valence-corrected chi connectivity index (χ3v) is 9.50. The van der Waals surface area contributed by atoms with E-state index < -0.39 is 0 Å². The van der Waals surface area contributed by atoms with Crippen molar-refractivity contribution < 1.29 is 38.0 Å². The van der Waals surface area contributed by atoms with Gasteiger partial charge in [-0.2, -0.15) is 0 Å². The van der Waals surface area contributed by atoms with E-state index in [1.807, 2.05) is 47.6 Å². The smallest absolute Gasteiger partial charge is 0.306 e. The maximum absolute atomic E-state index is 13.0. The highest BCUT2D eigenvalue weighted by molar-refractivity contribution is 5.76. The molecule has 1 amide bonds. The molecule has 0 aliphatic rings. The largest absolute Gasteiger partial charge is 0.460 e. The van der Waals surface area contributed by atoms with Gasteiger partial charge in [-0.25, -0.2) is 5.84 Å². The van der Waals surface area contributed by atoms with E-state index in [2.05, 4.69) is 24.4 Å². The monoisotopic (exact) mass is 884 g/mol. The van der Waals surface area contributed by atoms with Crippen LogP contribution in [0, 0.1) is 0 Å². The number of nitrogens with one attached hydrogen (secondary N) is 1. The first kappa shape index (κ1) is 61.6. The Labute approximate surface area is 379 Å². The van der Waals surface area contributed by atoms with Gasteiger partial charge < -0.3 is 50.2 Å². The lowest BCUT2D eigenvalue weighted by Crippen LogP contribution is -2.36. The van der Waals surface area contributed by atoms with Gasteiger partial charge in [-0.05, 0) is 71.8 Å². The SMILES string of the molecule is C/C=C/C(=C\CC)C(CCCCN(N)/C=C(\N)COCCOCCOCCOCCOCCN)NC(=O)CCCCCCCCCCCCCCCCC(=O)OC(C)(C)C.CC. The van der Waals surface area contributed by atoms with E-state index in [4.69, 9.17) is 45.7 Å². The molecule has 0 fully saturated rings. The van der Waals surface area contributed by atoms with E-state index in [-0.39, 0.29) is 30.1 Å². The van der Waals surface area contributed by atoms with Gasteiger partial charge in [-0.3, -0.25) is 9.59 Å². The van der Waals surface area contributed by atoms with E-state index in [1.54, 1.807) is 11.2 Å². The summed E-state index contributed by atoms with van der Waals surface area (Å²) in [6.45, 7) is 19.8. The molecule has 1 atom stereocenters. The van der Waals surface area contributed by atoms with E-state index in [1.165, 1.54) is 64.2 Å². The molecule has 366 valence electrons. The van der Waals surface area contributed by atoms with Crippen molar-refractivity contribution in [2.75, 3.05) is 79.2 Å². The standard InChI is InChI=1S/C47H91N5O8.C2H6/c1-6-24-42(25-7-2)44(26-22-23-30-52(50)40-43(49)41-59-39-38-58-37-36-57-35-34-56-33-32-55-31-29-48)51-45(53)27-20-18-16-14-12-10-8-9-11-13-15-17-19-21-28-46(54)60-47(3,4)5;1-2/h6,24-25,40,44H,7-23,26-39,41,48-50H2,1-5H3,(H,51,53);1-2H3/b24-6+,42-25+,43-40-;. The molecule has 0 saturated heterocycles. The first-order chi connectivity index (χ1) is 30.0. The summed E-state index contributed by atoms with van der Waals surface area (Å²) in [6, 6.07) is -0.0157. The molecule has 7 N–H and O–H groups in total. The molecule has 0 aliphatic carbocycles. The fourth-order valence-electron chi connectivity index (χ4n) is 6.52. The van der Waals surface area contributed by atoms with Crippen LogP contribution in [0.15, 0.2) is 35.7 Å². The molecular formula is C49H97N5O8. The molecule has 0 radical (unpaired) electrons. The molecule has 62 heavy (non-hydrogen) atoms. The van der Waals surface area contributed by atoms with Gasteiger partial charge in [0.25, 0.3) is 0 Å². The molecule has 13 nitrogen and oxygen atoms in total. The normalized spacial score (nSPS) is 12.7. The molecule has 0 aromatic rings. The molecule has 0 saturated carbocycles. The number of hydrogen-bond donors (Lipinski definition) is 4. The third-order valence-electron chi connectivity index (χ3n) is 9.50.